The Bertz CT molecular complexity index is 539. The van der Waals surface area contributed by atoms with Crippen LogP contribution in [0.3, 0.4) is 0 Å². The standard InChI is InChI=1S/C13H15N3O2/c1-8-5-11(6-9(2)14-8)13-15-12(16-18-13)10-3-4-17-7-10/h5-6,10H,3-4,7H2,1-2H3. The highest BCUT2D eigenvalue weighted by atomic mass is 16.5. The lowest BCUT2D eigenvalue weighted by molar-refractivity contribution is 0.192. The van der Waals surface area contributed by atoms with Gasteiger partial charge in [0.1, 0.15) is 0 Å². The number of aromatic nitrogens is 3. The fraction of sp³-hybridized carbons (Fsp3) is 0.462. The molecule has 1 fully saturated rings. The predicted octanol–water partition coefficient (Wildman–Crippen LogP) is 2.25. The van der Waals surface area contributed by atoms with Gasteiger partial charge in [-0.1, -0.05) is 5.16 Å². The molecule has 0 amide bonds. The molecule has 1 aliphatic heterocycles. The minimum atomic E-state index is 0.270. The summed E-state index contributed by atoms with van der Waals surface area (Å²) in [6, 6.07) is 3.91. The molecule has 5 heteroatoms. The van der Waals surface area contributed by atoms with Crippen LogP contribution in [0, 0.1) is 13.8 Å². The average molecular weight is 245 g/mol. The minimum absolute atomic E-state index is 0.270. The molecule has 18 heavy (non-hydrogen) atoms. The molecule has 94 valence electrons. The van der Waals surface area contributed by atoms with E-state index in [4.69, 9.17) is 9.26 Å². The number of ether oxygens (including phenoxy) is 1. The summed E-state index contributed by atoms with van der Waals surface area (Å²) < 4.78 is 10.7. The number of hydrogen-bond acceptors (Lipinski definition) is 5. The van der Waals surface area contributed by atoms with Gasteiger partial charge in [-0.2, -0.15) is 4.98 Å². The molecule has 2 aromatic heterocycles. The van der Waals surface area contributed by atoms with Crippen LogP contribution in [-0.4, -0.2) is 28.3 Å². The van der Waals surface area contributed by atoms with E-state index in [0.29, 0.717) is 12.5 Å². The van der Waals surface area contributed by atoms with E-state index in [2.05, 4.69) is 15.1 Å². The summed E-state index contributed by atoms with van der Waals surface area (Å²) in [7, 11) is 0. The van der Waals surface area contributed by atoms with E-state index in [9.17, 15) is 0 Å². The predicted molar refractivity (Wildman–Crippen MR) is 65.2 cm³/mol. The first kappa shape index (κ1) is 11.3. The first-order valence-corrected chi connectivity index (χ1v) is 6.09. The fourth-order valence-corrected chi connectivity index (χ4v) is 2.21. The first-order chi connectivity index (χ1) is 8.72. The van der Waals surface area contributed by atoms with Crippen LogP contribution >= 0.6 is 0 Å². The van der Waals surface area contributed by atoms with Crippen molar-refractivity contribution in [1.29, 1.82) is 0 Å². The van der Waals surface area contributed by atoms with Crippen molar-refractivity contribution in [3.8, 4) is 11.5 Å². The van der Waals surface area contributed by atoms with Gasteiger partial charge in [0.15, 0.2) is 5.82 Å². The maximum absolute atomic E-state index is 5.33. The summed E-state index contributed by atoms with van der Waals surface area (Å²) in [6.07, 6.45) is 0.966. The molecule has 5 nitrogen and oxygen atoms in total. The Morgan fingerprint density at radius 2 is 1.94 bits per heavy atom. The summed E-state index contributed by atoms with van der Waals surface area (Å²) in [5.74, 6) is 1.58. The van der Waals surface area contributed by atoms with Crippen LogP contribution < -0.4 is 0 Å². The van der Waals surface area contributed by atoms with Crippen molar-refractivity contribution >= 4 is 0 Å². The van der Waals surface area contributed by atoms with Crippen LogP contribution in [0.15, 0.2) is 16.7 Å². The van der Waals surface area contributed by atoms with Gasteiger partial charge in [0, 0.05) is 29.5 Å². The van der Waals surface area contributed by atoms with E-state index in [0.717, 1.165) is 35.8 Å². The third-order valence-corrected chi connectivity index (χ3v) is 3.07. The minimum Gasteiger partial charge on any atom is -0.381 e. The van der Waals surface area contributed by atoms with Crippen molar-refractivity contribution in [2.75, 3.05) is 13.2 Å². The van der Waals surface area contributed by atoms with Crippen LogP contribution in [0.25, 0.3) is 11.5 Å². The quantitative estimate of drug-likeness (QED) is 0.812. The Hall–Kier alpha value is -1.75. The van der Waals surface area contributed by atoms with Crippen molar-refractivity contribution in [2.24, 2.45) is 0 Å². The van der Waals surface area contributed by atoms with Gasteiger partial charge in [0.25, 0.3) is 5.89 Å². The lowest BCUT2D eigenvalue weighted by Crippen LogP contribution is -1.99. The van der Waals surface area contributed by atoms with Crippen LogP contribution in [0.4, 0.5) is 0 Å². The normalized spacial score (nSPS) is 19.3. The number of pyridine rings is 1. The summed E-state index contributed by atoms with van der Waals surface area (Å²) in [5, 5.41) is 4.05. The van der Waals surface area contributed by atoms with Crippen molar-refractivity contribution in [3.63, 3.8) is 0 Å². The zero-order valence-corrected chi connectivity index (χ0v) is 10.5. The molecule has 0 radical (unpaired) electrons. The van der Waals surface area contributed by atoms with Crippen molar-refractivity contribution in [1.82, 2.24) is 15.1 Å². The number of hydrogen-bond donors (Lipinski definition) is 0. The van der Waals surface area contributed by atoms with Gasteiger partial charge < -0.3 is 9.26 Å². The molecule has 3 heterocycles. The Morgan fingerprint density at radius 1 is 1.17 bits per heavy atom. The Balaban J connectivity index is 1.92. The van der Waals surface area contributed by atoms with Crippen molar-refractivity contribution < 1.29 is 9.26 Å². The molecule has 0 N–H and O–H groups in total. The summed E-state index contributed by atoms with van der Waals surface area (Å²) >= 11 is 0. The maximum atomic E-state index is 5.33. The smallest absolute Gasteiger partial charge is 0.258 e. The molecule has 1 atom stereocenters. The van der Waals surface area contributed by atoms with Crippen LogP contribution in [0.5, 0.6) is 0 Å². The Kier molecular flexibility index (Phi) is 2.83. The van der Waals surface area contributed by atoms with Crippen LogP contribution in [0.1, 0.15) is 29.6 Å². The monoisotopic (exact) mass is 245 g/mol. The summed E-state index contributed by atoms with van der Waals surface area (Å²) in [6.45, 7) is 5.38. The van der Waals surface area contributed by atoms with Crippen molar-refractivity contribution in [3.05, 3.63) is 29.3 Å². The highest BCUT2D eigenvalue weighted by Gasteiger charge is 2.23. The number of rotatable bonds is 2. The number of nitrogens with zero attached hydrogens (tertiary/aromatic N) is 3. The zero-order valence-electron chi connectivity index (χ0n) is 10.5. The lowest BCUT2D eigenvalue weighted by Gasteiger charge is -1.99. The van der Waals surface area contributed by atoms with Gasteiger partial charge in [-0.15, -0.1) is 0 Å². The second-order valence-electron chi connectivity index (χ2n) is 4.66. The highest BCUT2D eigenvalue weighted by Crippen LogP contribution is 2.25. The molecule has 0 aromatic carbocycles. The van der Waals surface area contributed by atoms with E-state index in [-0.39, 0.29) is 5.92 Å². The third-order valence-electron chi connectivity index (χ3n) is 3.07. The van der Waals surface area contributed by atoms with Gasteiger partial charge in [-0.25, -0.2) is 0 Å². The van der Waals surface area contributed by atoms with E-state index in [1.54, 1.807) is 0 Å². The molecule has 1 saturated heterocycles. The molecular formula is C13H15N3O2. The largest absolute Gasteiger partial charge is 0.381 e. The Morgan fingerprint density at radius 3 is 2.61 bits per heavy atom. The van der Waals surface area contributed by atoms with Crippen LogP contribution in [0.2, 0.25) is 0 Å². The van der Waals surface area contributed by atoms with Gasteiger partial charge in [-0.05, 0) is 32.4 Å². The second kappa shape index (κ2) is 4.49. The van der Waals surface area contributed by atoms with Crippen LogP contribution in [-0.2, 0) is 4.74 Å². The zero-order chi connectivity index (χ0) is 12.5. The topological polar surface area (TPSA) is 61.0 Å². The molecular weight excluding hydrogens is 230 g/mol. The molecule has 2 aromatic rings. The molecule has 3 rings (SSSR count). The molecule has 0 bridgehead atoms. The average Bonchev–Trinajstić information content (AvgIpc) is 2.99. The molecule has 1 aliphatic rings. The van der Waals surface area contributed by atoms with E-state index >= 15 is 0 Å². The molecule has 0 saturated carbocycles. The molecule has 1 unspecified atom stereocenters. The van der Waals surface area contributed by atoms with E-state index < -0.39 is 0 Å². The maximum Gasteiger partial charge on any atom is 0.258 e. The van der Waals surface area contributed by atoms with Gasteiger partial charge >= 0.3 is 0 Å². The van der Waals surface area contributed by atoms with E-state index in [1.165, 1.54) is 0 Å². The SMILES string of the molecule is Cc1cc(-c2nc(C3CCOC3)no2)cc(C)n1. The summed E-state index contributed by atoms with van der Waals surface area (Å²) in [5.41, 5.74) is 2.83. The van der Waals surface area contributed by atoms with Crippen molar-refractivity contribution in [2.45, 2.75) is 26.2 Å². The van der Waals surface area contributed by atoms with Gasteiger partial charge in [-0.3, -0.25) is 4.98 Å². The lowest BCUT2D eigenvalue weighted by atomic mass is 10.1. The first-order valence-electron chi connectivity index (χ1n) is 6.09. The number of aryl methyl sites for hydroxylation is 2. The molecule has 0 aliphatic carbocycles. The van der Waals surface area contributed by atoms with Gasteiger partial charge in [0.05, 0.1) is 6.61 Å². The third kappa shape index (κ3) is 2.13. The Labute approximate surface area is 105 Å². The van der Waals surface area contributed by atoms with Gasteiger partial charge in [0.2, 0.25) is 0 Å². The fourth-order valence-electron chi connectivity index (χ4n) is 2.21. The second-order valence-corrected chi connectivity index (χ2v) is 4.66. The summed E-state index contributed by atoms with van der Waals surface area (Å²) in [4.78, 5) is 8.79. The highest BCUT2D eigenvalue weighted by molar-refractivity contribution is 5.53. The molecule has 0 spiro atoms. The van der Waals surface area contributed by atoms with E-state index in [1.807, 2.05) is 26.0 Å².